The van der Waals surface area contributed by atoms with Gasteiger partial charge in [0.15, 0.2) is 0 Å². The summed E-state index contributed by atoms with van der Waals surface area (Å²) in [5, 5.41) is 13.6. The SMILES string of the molecule is N#Cc1ccsc1NC(=O)c1cc[nH]c(=O)c1. The largest absolute Gasteiger partial charge is 0.329 e. The number of nitrogens with one attached hydrogen (secondary N) is 2. The van der Waals surface area contributed by atoms with Gasteiger partial charge in [0.25, 0.3) is 5.91 Å². The number of carbonyl (C=O) groups is 1. The van der Waals surface area contributed by atoms with E-state index in [-0.39, 0.29) is 11.1 Å². The predicted molar refractivity (Wildman–Crippen MR) is 64.0 cm³/mol. The number of thiophene rings is 1. The van der Waals surface area contributed by atoms with Crippen LogP contribution in [-0.2, 0) is 0 Å². The lowest BCUT2D eigenvalue weighted by Crippen LogP contribution is -2.15. The quantitative estimate of drug-likeness (QED) is 0.841. The van der Waals surface area contributed by atoms with Gasteiger partial charge < -0.3 is 10.3 Å². The number of aromatic amines is 1. The molecule has 2 rings (SSSR count). The summed E-state index contributed by atoms with van der Waals surface area (Å²) >= 11 is 1.26. The lowest BCUT2D eigenvalue weighted by atomic mass is 10.2. The van der Waals surface area contributed by atoms with Crippen molar-refractivity contribution in [2.45, 2.75) is 0 Å². The Balaban J connectivity index is 2.24. The molecule has 0 aliphatic rings. The molecule has 2 aromatic heterocycles. The molecule has 0 saturated carbocycles. The molecule has 2 aromatic rings. The van der Waals surface area contributed by atoms with Gasteiger partial charge in [0.2, 0.25) is 5.56 Å². The summed E-state index contributed by atoms with van der Waals surface area (Å²) in [6.07, 6.45) is 1.40. The third kappa shape index (κ3) is 2.41. The number of nitriles is 1. The van der Waals surface area contributed by atoms with Crippen molar-refractivity contribution in [2.75, 3.05) is 5.32 Å². The topological polar surface area (TPSA) is 85.8 Å². The molecule has 0 aliphatic carbocycles. The lowest BCUT2D eigenvalue weighted by molar-refractivity contribution is 0.102. The first-order valence-corrected chi connectivity index (χ1v) is 5.56. The highest BCUT2D eigenvalue weighted by molar-refractivity contribution is 7.14. The van der Waals surface area contributed by atoms with E-state index in [2.05, 4.69) is 10.3 Å². The molecule has 2 N–H and O–H groups in total. The highest BCUT2D eigenvalue weighted by Gasteiger charge is 2.10. The molecule has 0 spiro atoms. The van der Waals surface area contributed by atoms with Gasteiger partial charge in [0.05, 0.1) is 5.56 Å². The summed E-state index contributed by atoms with van der Waals surface area (Å²) in [4.78, 5) is 25.2. The molecule has 5 nitrogen and oxygen atoms in total. The van der Waals surface area contributed by atoms with Crippen LogP contribution in [-0.4, -0.2) is 10.9 Å². The van der Waals surface area contributed by atoms with Gasteiger partial charge in [-0.25, -0.2) is 0 Å². The first-order valence-electron chi connectivity index (χ1n) is 4.68. The number of carbonyl (C=O) groups excluding carboxylic acids is 1. The van der Waals surface area contributed by atoms with Gasteiger partial charge in [-0.05, 0) is 17.5 Å². The van der Waals surface area contributed by atoms with E-state index < -0.39 is 5.91 Å². The third-order valence-electron chi connectivity index (χ3n) is 2.05. The van der Waals surface area contributed by atoms with E-state index in [1.807, 2.05) is 6.07 Å². The van der Waals surface area contributed by atoms with Crippen molar-refractivity contribution in [3.63, 3.8) is 0 Å². The highest BCUT2D eigenvalue weighted by atomic mass is 32.1. The Morgan fingerprint density at radius 1 is 1.47 bits per heavy atom. The van der Waals surface area contributed by atoms with Crippen LogP contribution in [0, 0.1) is 11.3 Å². The molecule has 0 bridgehead atoms. The predicted octanol–water partition coefficient (Wildman–Crippen LogP) is 1.56. The highest BCUT2D eigenvalue weighted by Crippen LogP contribution is 2.22. The molecule has 0 aliphatic heterocycles. The normalized spacial score (nSPS) is 9.59. The van der Waals surface area contributed by atoms with E-state index >= 15 is 0 Å². The first-order chi connectivity index (χ1) is 8.20. The van der Waals surface area contributed by atoms with Crippen molar-refractivity contribution >= 4 is 22.2 Å². The van der Waals surface area contributed by atoms with Crippen LogP contribution < -0.4 is 10.9 Å². The van der Waals surface area contributed by atoms with Crippen LogP contribution in [0.2, 0.25) is 0 Å². The van der Waals surface area contributed by atoms with E-state index in [1.165, 1.54) is 29.7 Å². The molecule has 0 atom stereocenters. The Kier molecular flexibility index (Phi) is 3.03. The zero-order valence-corrected chi connectivity index (χ0v) is 9.38. The number of amides is 1. The average molecular weight is 245 g/mol. The smallest absolute Gasteiger partial charge is 0.256 e. The minimum atomic E-state index is -0.407. The number of nitrogens with zero attached hydrogens (tertiary/aromatic N) is 1. The molecule has 6 heteroatoms. The van der Waals surface area contributed by atoms with Crippen LogP contribution >= 0.6 is 11.3 Å². The second kappa shape index (κ2) is 4.63. The summed E-state index contributed by atoms with van der Waals surface area (Å²) in [6.45, 7) is 0. The number of H-pyrrole nitrogens is 1. The van der Waals surface area contributed by atoms with Gasteiger partial charge in [-0.3, -0.25) is 9.59 Å². The average Bonchev–Trinajstić information content (AvgIpc) is 2.76. The molecule has 2 heterocycles. The van der Waals surface area contributed by atoms with Gasteiger partial charge in [0, 0.05) is 17.8 Å². The zero-order valence-electron chi connectivity index (χ0n) is 8.56. The number of aromatic nitrogens is 1. The zero-order chi connectivity index (χ0) is 12.3. The summed E-state index contributed by atoms with van der Waals surface area (Å²) in [5.41, 5.74) is 0.323. The van der Waals surface area contributed by atoms with E-state index in [4.69, 9.17) is 5.26 Å². The van der Waals surface area contributed by atoms with Crippen molar-refractivity contribution in [3.05, 3.63) is 51.3 Å². The van der Waals surface area contributed by atoms with E-state index in [9.17, 15) is 9.59 Å². The van der Waals surface area contributed by atoms with E-state index in [0.29, 0.717) is 10.6 Å². The molecule has 0 radical (unpaired) electrons. The molecule has 0 fully saturated rings. The van der Waals surface area contributed by atoms with Gasteiger partial charge in [-0.2, -0.15) is 5.26 Å². The van der Waals surface area contributed by atoms with Gasteiger partial charge in [-0.15, -0.1) is 11.3 Å². The summed E-state index contributed by atoms with van der Waals surface area (Å²) < 4.78 is 0. The summed E-state index contributed by atoms with van der Waals surface area (Å²) in [5.74, 6) is -0.407. The number of anilines is 1. The second-order valence-electron chi connectivity index (χ2n) is 3.17. The molecule has 0 aromatic carbocycles. The molecule has 17 heavy (non-hydrogen) atoms. The number of hydrogen-bond acceptors (Lipinski definition) is 4. The minimum Gasteiger partial charge on any atom is -0.329 e. The molecular formula is C11H7N3O2S. The van der Waals surface area contributed by atoms with Crippen LogP contribution in [0.5, 0.6) is 0 Å². The number of rotatable bonds is 2. The van der Waals surface area contributed by atoms with Gasteiger partial charge in [-0.1, -0.05) is 0 Å². The van der Waals surface area contributed by atoms with Crippen LogP contribution in [0.1, 0.15) is 15.9 Å². The van der Waals surface area contributed by atoms with E-state index in [1.54, 1.807) is 11.4 Å². The maximum Gasteiger partial charge on any atom is 0.256 e. The Labute approximate surface area is 100 Å². The Morgan fingerprint density at radius 2 is 2.29 bits per heavy atom. The van der Waals surface area contributed by atoms with Crippen molar-refractivity contribution < 1.29 is 4.79 Å². The number of pyridine rings is 1. The van der Waals surface area contributed by atoms with Crippen LogP contribution in [0.15, 0.2) is 34.6 Å². The van der Waals surface area contributed by atoms with Crippen LogP contribution in [0.3, 0.4) is 0 Å². The summed E-state index contributed by atoms with van der Waals surface area (Å²) in [6, 6.07) is 6.29. The standard InChI is InChI=1S/C11H7N3O2S/c12-6-8-2-4-17-11(8)14-10(16)7-1-3-13-9(15)5-7/h1-5H,(H,13,15)(H,14,16). The lowest BCUT2D eigenvalue weighted by Gasteiger charge is -2.02. The van der Waals surface area contributed by atoms with Crippen molar-refractivity contribution in [2.24, 2.45) is 0 Å². The van der Waals surface area contributed by atoms with Gasteiger partial charge in [0.1, 0.15) is 11.1 Å². The Bertz CT molecular complexity index is 651. The molecule has 0 saturated heterocycles. The monoisotopic (exact) mass is 245 g/mol. The third-order valence-corrected chi connectivity index (χ3v) is 2.88. The Morgan fingerprint density at radius 3 is 3.00 bits per heavy atom. The van der Waals surface area contributed by atoms with Crippen molar-refractivity contribution in [1.82, 2.24) is 4.98 Å². The second-order valence-corrected chi connectivity index (χ2v) is 4.09. The van der Waals surface area contributed by atoms with E-state index in [0.717, 1.165) is 0 Å². The molecule has 1 amide bonds. The van der Waals surface area contributed by atoms with Crippen molar-refractivity contribution in [1.29, 1.82) is 5.26 Å². The maximum atomic E-state index is 11.8. The number of hydrogen-bond donors (Lipinski definition) is 2. The summed E-state index contributed by atoms with van der Waals surface area (Å²) in [7, 11) is 0. The molecule has 84 valence electrons. The fraction of sp³-hybridized carbons (Fsp3) is 0. The Hall–Kier alpha value is -2.39. The first kappa shape index (κ1) is 11.1. The fourth-order valence-corrected chi connectivity index (χ4v) is 1.99. The maximum absolute atomic E-state index is 11.8. The molecular weight excluding hydrogens is 238 g/mol. The van der Waals surface area contributed by atoms with Gasteiger partial charge >= 0.3 is 0 Å². The van der Waals surface area contributed by atoms with Crippen molar-refractivity contribution in [3.8, 4) is 6.07 Å². The molecule has 0 unspecified atom stereocenters. The minimum absolute atomic E-state index is 0.256. The van der Waals surface area contributed by atoms with Crippen LogP contribution in [0.4, 0.5) is 5.00 Å². The fourth-order valence-electron chi connectivity index (χ4n) is 1.26. The van der Waals surface area contributed by atoms with Crippen LogP contribution in [0.25, 0.3) is 0 Å².